The number of fused-ring (bicyclic) bond motifs is 7. The van der Waals surface area contributed by atoms with Crippen LogP contribution in [0.15, 0.2) is 158 Å². The third kappa shape index (κ3) is 4.96. The van der Waals surface area contributed by atoms with Crippen LogP contribution >= 0.6 is 11.3 Å². The van der Waals surface area contributed by atoms with Gasteiger partial charge in [0.2, 0.25) is 0 Å². The molecule has 1 aliphatic heterocycles. The second-order valence-electron chi connectivity index (χ2n) is 14.5. The maximum Gasteiger partial charge on any atom is 0.0503 e. The fraction of sp³-hybridized carbons (Fsp3) is 0.143. The van der Waals surface area contributed by atoms with Gasteiger partial charge in [-0.25, -0.2) is 0 Å². The Balaban J connectivity index is 1.20. The van der Waals surface area contributed by atoms with E-state index >= 15 is 0 Å². The molecule has 1 saturated carbocycles. The van der Waals surface area contributed by atoms with Gasteiger partial charge in [-0.15, -0.1) is 11.3 Å². The highest BCUT2D eigenvalue weighted by Gasteiger charge is 2.44. The van der Waals surface area contributed by atoms with Crippen molar-refractivity contribution in [3.05, 3.63) is 174 Å². The van der Waals surface area contributed by atoms with Gasteiger partial charge in [-0.3, -0.25) is 0 Å². The van der Waals surface area contributed by atoms with E-state index in [1.807, 2.05) is 11.3 Å². The van der Waals surface area contributed by atoms with Gasteiger partial charge in [0.15, 0.2) is 0 Å². The molecule has 1 aromatic heterocycles. The molecule has 0 N–H and O–H groups in total. The van der Waals surface area contributed by atoms with Crippen molar-refractivity contribution in [1.82, 2.24) is 0 Å². The standard InChI is InChI=1S/C49H39NS/c1-33-29-36(34-13-5-2-6-14-34)19-23-44(33)50-45-24-20-38(35-15-7-3-8-16-35)31-42(45)49(27-11-4-12-28-49)43-32-39(21-25-46(43)50)37-22-26-48-41(30-37)40-17-9-10-18-47(40)51-48/h2-3,5-10,13-26,29-32H,4,11-12,27-28H2,1H3. The molecule has 0 amide bonds. The molecule has 10 rings (SSSR count). The minimum atomic E-state index is -0.0444. The van der Waals surface area contributed by atoms with Gasteiger partial charge in [-0.05, 0) is 124 Å². The molecule has 51 heavy (non-hydrogen) atoms. The molecule has 0 unspecified atom stereocenters. The Hall–Kier alpha value is -5.44. The first-order valence-corrected chi connectivity index (χ1v) is 19.2. The number of hydrogen-bond donors (Lipinski definition) is 0. The monoisotopic (exact) mass is 673 g/mol. The van der Waals surface area contributed by atoms with Crippen molar-refractivity contribution in [2.75, 3.05) is 4.90 Å². The quantitative estimate of drug-likeness (QED) is 0.180. The Kier molecular flexibility index (Phi) is 7.22. The summed E-state index contributed by atoms with van der Waals surface area (Å²) in [4.78, 5) is 2.57. The predicted molar refractivity (Wildman–Crippen MR) is 219 cm³/mol. The second-order valence-corrected chi connectivity index (χ2v) is 15.6. The van der Waals surface area contributed by atoms with Crippen molar-refractivity contribution in [2.24, 2.45) is 0 Å². The highest BCUT2D eigenvalue weighted by Crippen LogP contribution is 2.59. The highest BCUT2D eigenvalue weighted by molar-refractivity contribution is 7.25. The number of anilines is 3. The molecule has 1 spiro atoms. The fourth-order valence-electron chi connectivity index (χ4n) is 9.07. The molecule has 1 aliphatic carbocycles. The molecule has 2 heteroatoms. The second kappa shape index (κ2) is 12.1. The number of rotatable bonds is 4. The molecule has 1 nitrogen and oxygen atoms in total. The lowest BCUT2D eigenvalue weighted by Crippen LogP contribution is -2.37. The number of hydrogen-bond acceptors (Lipinski definition) is 2. The fourth-order valence-corrected chi connectivity index (χ4v) is 10.2. The average Bonchev–Trinajstić information content (AvgIpc) is 3.57. The maximum atomic E-state index is 2.57. The molecule has 0 saturated heterocycles. The largest absolute Gasteiger partial charge is 0.310 e. The van der Waals surface area contributed by atoms with Crippen LogP contribution in [0.2, 0.25) is 0 Å². The Morgan fingerprint density at radius 2 is 0.941 bits per heavy atom. The van der Waals surface area contributed by atoms with E-state index in [2.05, 4.69) is 170 Å². The molecule has 7 aromatic carbocycles. The van der Waals surface area contributed by atoms with Crippen LogP contribution in [0.25, 0.3) is 53.6 Å². The van der Waals surface area contributed by atoms with E-state index in [9.17, 15) is 0 Å². The third-order valence-corrected chi connectivity index (χ3v) is 12.7. The molecule has 2 heterocycles. The van der Waals surface area contributed by atoms with Gasteiger partial charge in [0.25, 0.3) is 0 Å². The number of thiophene rings is 1. The van der Waals surface area contributed by atoms with Crippen LogP contribution in [-0.2, 0) is 5.41 Å². The van der Waals surface area contributed by atoms with Crippen LogP contribution in [0, 0.1) is 6.92 Å². The summed E-state index contributed by atoms with van der Waals surface area (Å²) in [5.41, 5.74) is 15.7. The first-order valence-electron chi connectivity index (χ1n) is 18.4. The van der Waals surface area contributed by atoms with Crippen molar-refractivity contribution < 1.29 is 0 Å². The van der Waals surface area contributed by atoms with Gasteiger partial charge in [0.05, 0.1) is 11.4 Å². The third-order valence-electron chi connectivity index (χ3n) is 11.6. The zero-order chi connectivity index (χ0) is 33.9. The number of aryl methyl sites for hydroxylation is 1. The lowest BCUT2D eigenvalue weighted by atomic mass is 9.62. The van der Waals surface area contributed by atoms with Gasteiger partial charge in [0, 0.05) is 31.3 Å². The maximum absolute atomic E-state index is 2.57. The minimum absolute atomic E-state index is 0.0444. The SMILES string of the molecule is Cc1cc(-c2ccccc2)ccc1N1c2ccc(-c3ccccc3)cc2C2(CCCCC2)c2cc(-c3ccc4sc5ccccc5c4c3)ccc21. The van der Waals surface area contributed by atoms with E-state index in [4.69, 9.17) is 0 Å². The first-order chi connectivity index (χ1) is 25.2. The van der Waals surface area contributed by atoms with Gasteiger partial charge in [-0.1, -0.05) is 122 Å². The van der Waals surface area contributed by atoms with Crippen LogP contribution < -0.4 is 4.90 Å². The Morgan fingerprint density at radius 1 is 0.431 bits per heavy atom. The average molecular weight is 674 g/mol. The van der Waals surface area contributed by atoms with Gasteiger partial charge in [0.1, 0.15) is 0 Å². The van der Waals surface area contributed by atoms with E-state index in [1.165, 1.54) is 119 Å². The topological polar surface area (TPSA) is 3.24 Å². The lowest BCUT2D eigenvalue weighted by Gasteiger charge is -2.48. The summed E-state index contributed by atoms with van der Waals surface area (Å²) in [6, 6.07) is 59.2. The van der Waals surface area contributed by atoms with Crippen LogP contribution in [0.5, 0.6) is 0 Å². The smallest absolute Gasteiger partial charge is 0.0503 e. The minimum Gasteiger partial charge on any atom is -0.310 e. The van der Waals surface area contributed by atoms with E-state index < -0.39 is 0 Å². The Labute approximate surface area is 304 Å². The summed E-state index contributed by atoms with van der Waals surface area (Å²) in [6.45, 7) is 2.28. The molecule has 2 aliphatic rings. The Bertz CT molecular complexity index is 2570. The molecule has 0 radical (unpaired) electrons. The molecule has 246 valence electrons. The number of benzene rings is 7. The van der Waals surface area contributed by atoms with Crippen molar-refractivity contribution in [2.45, 2.75) is 44.4 Å². The molecular formula is C49H39NS. The first kappa shape index (κ1) is 30.4. The summed E-state index contributed by atoms with van der Waals surface area (Å²) in [5, 5.41) is 2.70. The molecular weight excluding hydrogens is 635 g/mol. The van der Waals surface area contributed by atoms with E-state index in [0.717, 1.165) is 0 Å². The summed E-state index contributed by atoms with van der Waals surface area (Å²) in [5.74, 6) is 0. The van der Waals surface area contributed by atoms with Crippen molar-refractivity contribution >= 4 is 48.6 Å². The van der Waals surface area contributed by atoms with Crippen molar-refractivity contribution in [3.8, 4) is 33.4 Å². The lowest BCUT2D eigenvalue weighted by molar-refractivity contribution is 0.344. The predicted octanol–water partition coefficient (Wildman–Crippen LogP) is 14.4. The van der Waals surface area contributed by atoms with Crippen LogP contribution in [0.4, 0.5) is 17.1 Å². The zero-order valence-electron chi connectivity index (χ0n) is 28.9. The van der Waals surface area contributed by atoms with E-state index in [-0.39, 0.29) is 5.41 Å². The summed E-state index contributed by atoms with van der Waals surface area (Å²) >= 11 is 1.89. The van der Waals surface area contributed by atoms with Gasteiger partial charge >= 0.3 is 0 Å². The summed E-state index contributed by atoms with van der Waals surface area (Å²) in [7, 11) is 0. The Morgan fingerprint density at radius 3 is 1.59 bits per heavy atom. The van der Waals surface area contributed by atoms with Crippen LogP contribution in [0.1, 0.15) is 48.8 Å². The summed E-state index contributed by atoms with van der Waals surface area (Å²) < 4.78 is 2.70. The highest BCUT2D eigenvalue weighted by atomic mass is 32.1. The normalized spacial score (nSPS) is 14.9. The van der Waals surface area contributed by atoms with Crippen molar-refractivity contribution in [1.29, 1.82) is 0 Å². The van der Waals surface area contributed by atoms with E-state index in [0.29, 0.717) is 0 Å². The van der Waals surface area contributed by atoms with Crippen LogP contribution in [0.3, 0.4) is 0 Å². The van der Waals surface area contributed by atoms with Gasteiger partial charge < -0.3 is 4.90 Å². The molecule has 0 bridgehead atoms. The molecule has 0 atom stereocenters. The molecule has 1 fully saturated rings. The van der Waals surface area contributed by atoms with Crippen molar-refractivity contribution in [3.63, 3.8) is 0 Å². The van der Waals surface area contributed by atoms with Crippen LogP contribution in [-0.4, -0.2) is 0 Å². The zero-order valence-corrected chi connectivity index (χ0v) is 29.7. The number of nitrogens with zero attached hydrogens (tertiary/aromatic N) is 1. The summed E-state index contributed by atoms with van der Waals surface area (Å²) in [6.07, 6.45) is 6.13. The van der Waals surface area contributed by atoms with E-state index in [1.54, 1.807) is 0 Å². The molecule has 8 aromatic rings. The van der Waals surface area contributed by atoms with Gasteiger partial charge in [-0.2, -0.15) is 0 Å².